The molecular formula is C12H18N2. The molecular weight excluding hydrogens is 172 g/mol. The van der Waals surface area contributed by atoms with Gasteiger partial charge in [-0.05, 0) is 31.0 Å². The molecule has 2 nitrogen and oxygen atoms in total. The van der Waals surface area contributed by atoms with Gasteiger partial charge in [0.15, 0.2) is 0 Å². The third-order valence-electron chi connectivity index (χ3n) is 2.71. The Labute approximate surface area is 85.7 Å². The Hall–Kier alpha value is -1.18. The standard InChI is InChI=1S/C12H18N2/c1-3-4-10-8-13-11-6-5-9(2)7-12(11)14-10/h5-7,10,13-14H,3-4,8H2,1-2H3/t10-/m0/s1. The number of rotatable bonds is 2. The van der Waals surface area contributed by atoms with E-state index in [-0.39, 0.29) is 0 Å². The van der Waals surface area contributed by atoms with E-state index in [4.69, 9.17) is 0 Å². The van der Waals surface area contributed by atoms with E-state index < -0.39 is 0 Å². The van der Waals surface area contributed by atoms with Gasteiger partial charge in [-0.3, -0.25) is 0 Å². The largest absolute Gasteiger partial charge is 0.381 e. The minimum atomic E-state index is 0.592. The van der Waals surface area contributed by atoms with Crippen molar-refractivity contribution in [3.63, 3.8) is 0 Å². The predicted octanol–water partition coefficient (Wildman–Crippen LogP) is 3.00. The summed E-state index contributed by atoms with van der Waals surface area (Å²) in [6, 6.07) is 7.10. The maximum atomic E-state index is 3.58. The van der Waals surface area contributed by atoms with E-state index in [1.54, 1.807) is 0 Å². The second-order valence-corrected chi connectivity index (χ2v) is 4.06. The zero-order valence-electron chi connectivity index (χ0n) is 8.93. The quantitative estimate of drug-likeness (QED) is 0.749. The Balaban J connectivity index is 2.16. The highest BCUT2D eigenvalue weighted by molar-refractivity contribution is 5.72. The first kappa shape index (κ1) is 9.38. The Morgan fingerprint density at radius 1 is 1.36 bits per heavy atom. The molecule has 0 aliphatic carbocycles. The second kappa shape index (κ2) is 3.91. The number of fused-ring (bicyclic) bond motifs is 1. The maximum Gasteiger partial charge on any atom is 0.0581 e. The molecule has 1 aromatic rings. The van der Waals surface area contributed by atoms with Crippen LogP contribution >= 0.6 is 0 Å². The van der Waals surface area contributed by atoms with Crippen LogP contribution in [0.5, 0.6) is 0 Å². The summed E-state index contributed by atoms with van der Waals surface area (Å²) in [5, 5.41) is 7.04. The lowest BCUT2D eigenvalue weighted by Gasteiger charge is -2.28. The molecule has 1 aliphatic heterocycles. The van der Waals surface area contributed by atoms with Gasteiger partial charge in [0, 0.05) is 12.6 Å². The van der Waals surface area contributed by atoms with Crippen molar-refractivity contribution < 1.29 is 0 Å². The lowest BCUT2D eigenvalue weighted by molar-refractivity contribution is 0.655. The normalized spacial score (nSPS) is 19.4. The molecule has 1 atom stereocenters. The summed E-state index contributed by atoms with van der Waals surface area (Å²) >= 11 is 0. The first-order valence-corrected chi connectivity index (χ1v) is 5.40. The molecule has 1 aliphatic rings. The molecule has 1 aromatic carbocycles. The highest BCUT2D eigenvalue weighted by Gasteiger charge is 2.15. The molecule has 2 heteroatoms. The van der Waals surface area contributed by atoms with Crippen LogP contribution in [0.2, 0.25) is 0 Å². The van der Waals surface area contributed by atoms with Gasteiger partial charge in [-0.1, -0.05) is 19.4 Å². The van der Waals surface area contributed by atoms with Crippen molar-refractivity contribution in [2.24, 2.45) is 0 Å². The van der Waals surface area contributed by atoms with Gasteiger partial charge in [0.2, 0.25) is 0 Å². The summed E-state index contributed by atoms with van der Waals surface area (Å²) in [5.41, 5.74) is 3.81. The monoisotopic (exact) mass is 190 g/mol. The molecule has 0 aromatic heterocycles. The zero-order valence-corrected chi connectivity index (χ0v) is 8.93. The highest BCUT2D eigenvalue weighted by Crippen LogP contribution is 2.27. The maximum absolute atomic E-state index is 3.58. The molecule has 1 heterocycles. The SMILES string of the molecule is CCC[C@H]1CNc2ccc(C)cc2N1. The molecule has 0 radical (unpaired) electrons. The zero-order chi connectivity index (χ0) is 9.97. The molecule has 0 saturated carbocycles. The van der Waals surface area contributed by atoms with E-state index in [2.05, 4.69) is 42.7 Å². The number of hydrogen-bond donors (Lipinski definition) is 2. The summed E-state index contributed by atoms with van der Waals surface area (Å²) in [6.45, 7) is 5.41. The van der Waals surface area contributed by atoms with Crippen LogP contribution in [0, 0.1) is 6.92 Å². The predicted molar refractivity (Wildman–Crippen MR) is 62.0 cm³/mol. The molecule has 14 heavy (non-hydrogen) atoms. The Bertz CT molecular complexity index is 320. The van der Waals surface area contributed by atoms with Crippen LogP contribution in [-0.2, 0) is 0 Å². The number of benzene rings is 1. The summed E-state index contributed by atoms with van der Waals surface area (Å²) in [5.74, 6) is 0. The topological polar surface area (TPSA) is 24.1 Å². The minimum Gasteiger partial charge on any atom is -0.381 e. The molecule has 0 bridgehead atoms. The Morgan fingerprint density at radius 3 is 3.00 bits per heavy atom. The van der Waals surface area contributed by atoms with Crippen molar-refractivity contribution in [2.75, 3.05) is 17.2 Å². The van der Waals surface area contributed by atoms with Crippen molar-refractivity contribution in [2.45, 2.75) is 32.7 Å². The third kappa shape index (κ3) is 1.84. The van der Waals surface area contributed by atoms with Crippen LogP contribution in [0.3, 0.4) is 0 Å². The van der Waals surface area contributed by atoms with E-state index in [0.717, 1.165) is 6.54 Å². The van der Waals surface area contributed by atoms with Gasteiger partial charge in [0.05, 0.1) is 11.4 Å². The molecule has 0 spiro atoms. The highest BCUT2D eigenvalue weighted by atomic mass is 15.1. The first-order chi connectivity index (χ1) is 6.79. The van der Waals surface area contributed by atoms with E-state index >= 15 is 0 Å². The van der Waals surface area contributed by atoms with Crippen molar-refractivity contribution in [1.82, 2.24) is 0 Å². The third-order valence-corrected chi connectivity index (χ3v) is 2.71. The Morgan fingerprint density at radius 2 is 2.21 bits per heavy atom. The lowest BCUT2D eigenvalue weighted by atomic mass is 10.1. The molecule has 76 valence electrons. The van der Waals surface area contributed by atoms with Gasteiger partial charge < -0.3 is 10.6 Å². The van der Waals surface area contributed by atoms with Crippen LogP contribution in [-0.4, -0.2) is 12.6 Å². The fourth-order valence-corrected chi connectivity index (χ4v) is 1.96. The number of nitrogens with one attached hydrogen (secondary N) is 2. The fourth-order valence-electron chi connectivity index (χ4n) is 1.96. The van der Waals surface area contributed by atoms with E-state index in [0.29, 0.717) is 6.04 Å². The summed E-state index contributed by atoms with van der Waals surface area (Å²) < 4.78 is 0. The summed E-state index contributed by atoms with van der Waals surface area (Å²) in [7, 11) is 0. The summed E-state index contributed by atoms with van der Waals surface area (Å²) in [6.07, 6.45) is 2.47. The second-order valence-electron chi connectivity index (χ2n) is 4.06. The summed E-state index contributed by atoms with van der Waals surface area (Å²) in [4.78, 5) is 0. The average Bonchev–Trinajstić information content (AvgIpc) is 2.17. The molecule has 0 saturated heterocycles. The number of hydrogen-bond acceptors (Lipinski definition) is 2. The van der Waals surface area contributed by atoms with Gasteiger partial charge >= 0.3 is 0 Å². The Kier molecular flexibility index (Phi) is 2.62. The van der Waals surface area contributed by atoms with Crippen molar-refractivity contribution in [3.8, 4) is 0 Å². The van der Waals surface area contributed by atoms with Crippen LogP contribution in [0.25, 0.3) is 0 Å². The molecule has 2 rings (SSSR count). The van der Waals surface area contributed by atoms with E-state index in [1.807, 2.05) is 0 Å². The van der Waals surface area contributed by atoms with Crippen LogP contribution in [0.1, 0.15) is 25.3 Å². The van der Waals surface area contributed by atoms with Crippen LogP contribution in [0.4, 0.5) is 11.4 Å². The van der Waals surface area contributed by atoms with Gasteiger partial charge in [0.25, 0.3) is 0 Å². The number of aryl methyl sites for hydroxylation is 1. The lowest BCUT2D eigenvalue weighted by Crippen LogP contribution is -2.32. The molecule has 0 amide bonds. The minimum absolute atomic E-state index is 0.592. The molecule has 0 fully saturated rings. The van der Waals surface area contributed by atoms with Gasteiger partial charge in [-0.25, -0.2) is 0 Å². The van der Waals surface area contributed by atoms with Crippen LogP contribution in [0.15, 0.2) is 18.2 Å². The first-order valence-electron chi connectivity index (χ1n) is 5.40. The van der Waals surface area contributed by atoms with Crippen molar-refractivity contribution in [1.29, 1.82) is 0 Å². The van der Waals surface area contributed by atoms with Gasteiger partial charge in [0.1, 0.15) is 0 Å². The molecule has 0 unspecified atom stereocenters. The van der Waals surface area contributed by atoms with Crippen molar-refractivity contribution in [3.05, 3.63) is 23.8 Å². The van der Waals surface area contributed by atoms with Crippen LogP contribution < -0.4 is 10.6 Å². The number of anilines is 2. The van der Waals surface area contributed by atoms with Gasteiger partial charge in [-0.2, -0.15) is 0 Å². The van der Waals surface area contributed by atoms with E-state index in [1.165, 1.54) is 29.8 Å². The molecule has 2 N–H and O–H groups in total. The smallest absolute Gasteiger partial charge is 0.0581 e. The average molecular weight is 190 g/mol. The van der Waals surface area contributed by atoms with Gasteiger partial charge in [-0.15, -0.1) is 0 Å². The van der Waals surface area contributed by atoms with E-state index in [9.17, 15) is 0 Å². The fraction of sp³-hybridized carbons (Fsp3) is 0.500. The van der Waals surface area contributed by atoms with Crippen molar-refractivity contribution >= 4 is 11.4 Å².